The molecule has 0 aliphatic carbocycles. The molecule has 3 N–H and O–H groups in total. The molecular formula is C10H11N3O3. The number of nitrogens with two attached hydrogens (primary N) is 1. The fourth-order valence-corrected chi connectivity index (χ4v) is 0.903. The van der Waals surface area contributed by atoms with E-state index in [1.165, 1.54) is 13.3 Å². The van der Waals surface area contributed by atoms with Crippen molar-refractivity contribution in [1.29, 1.82) is 0 Å². The van der Waals surface area contributed by atoms with Crippen LogP contribution >= 0.6 is 0 Å². The number of carbonyl (C=O) groups is 1. The maximum atomic E-state index is 10.6. The number of rotatable bonds is 4. The Morgan fingerprint density at radius 3 is 3.00 bits per heavy atom. The van der Waals surface area contributed by atoms with E-state index in [1.807, 2.05) is 0 Å². The molecule has 0 bridgehead atoms. The smallest absolute Gasteiger partial charge is 0.338 e. The zero-order chi connectivity index (χ0) is 12.0. The van der Waals surface area contributed by atoms with Crippen molar-refractivity contribution < 1.29 is 14.6 Å². The van der Waals surface area contributed by atoms with Gasteiger partial charge in [0, 0.05) is 24.7 Å². The Hall–Kier alpha value is -2.37. The lowest BCUT2D eigenvalue weighted by molar-refractivity contribution is -0.132. The van der Waals surface area contributed by atoms with Crippen molar-refractivity contribution in [2.24, 2.45) is 10.7 Å². The van der Waals surface area contributed by atoms with E-state index < -0.39 is 5.97 Å². The predicted octanol–water partition coefficient (Wildman–Crippen LogP) is 0.720. The summed E-state index contributed by atoms with van der Waals surface area (Å²) in [4.78, 5) is 18.4. The maximum absolute atomic E-state index is 10.6. The molecule has 16 heavy (non-hydrogen) atoms. The molecule has 0 atom stereocenters. The van der Waals surface area contributed by atoms with Gasteiger partial charge < -0.3 is 15.6 Å². The van der Waals surface area contributed by atoms with Crippen LogP contribution in [0, 0.1) is 0 Å². The van der Waals surface area contributed by atoms with Crippen LogP contribution in [-0.4, -0.2) is 29.4 Å². The molecule has 0 aliphatic heterocycles. The average Bonchev–Trinajstić information content (AvgIpc) is 2.29. The van der Waals surface area contributed by atoms with E-state index >= 15 is 0 Å². The van der Waals surface area contributed by atoms with Gasteiger partial charge in [-0.3, -0.25) is 0 Å². The van der Waals surface area contributed by atoms with Crippen LogP contribution in [0.2, 0.25) is 0 Å². The topological polar surface area (TPSA) is 97.8 Å². The van der Waals surface area contributed by atoms with Gasteiger partial charge in [0.15, 0.2) is 5.82 Å². The van der Waals surface area contributed by atoms with Crippen molar-refractivity contribution in [3.63, 3.8) is 0 Å². The molecule has 0 aromatic carbocycles. The first-order chi connectivity index (χ1) is 7.67. The molecule has 0 saturated carbocycles. The van der Waals surface area contributed by atoms with Crippen LogP contribution < -0.4 is 10.5 Å². The van der Waals surface area contributed by atoms with Crippen LogP contribution in [0.1, 0.15) is 0 Å². The van der Waals surface area contributed by atoms with Crippen LogP contribution in [-0.2, 0) is 4.79 Å². The molecule has 0 aliphatic rings. The maximum Gasteiger partial charge on any atom is 0.338 e. The summed E-state index contributed by atoms with van der Waals surface area (Å²) in [6, 6.07) is 3.24. The van der Waals surface area contributed by atoms with Crippen molar-refractivity contribution in [1.82, 2.24) is 4.98 Å². The fraction of sp³-hybridized carbons (Fsp3) is 0.100. The zero-order valence-corrected chi connectivity index (χ0v) is 8.62. The standard InChI is InChI=1S/C10H11N3O3/c1-16-8-2-3-12-9(4-8)13-6-7(5-11)10(14)15/h2-6H,11H2,1H3,(H,14,15)/b7-5+,13-6?. The molecule has 1 rings (SSSR count). The third kappa shape index (κ3) is 3.09. The van der Waals surface area contributed by atoms with E-state index in [1.54, 1.807) is 12.1 Å². The molecule has 0 radical (unpaired) electrons. The Labute approximate surface area is 92.1 Å². The highest BCUT2D eigenvalue weighted by Crippen LogP contribution is 2.15. The largest absolute Gasteiger partial charge is 0.497 e. The second-order valence-corrected chi connectivity index (χ2v) is 2.74. The van der Waals surface area contributed by atoms with Crippen LogP contribution in [0.4, 0.5) is 5.82 Å². The molecule has 0 amide bonds. The van der Waals surface area contributed by atoms with Crippen LogP contribution in [0.3, 0.4) is 0 Å². The van der Waals surface area contributed by atoms with Gasteiger partial charge in [0.1, 0.15) is 5.75 Å². The summed E-state index contributed by atoms with van der Waals surface area (Å²) < 4.78 is 4.97. The Balaban J connectivity index is 2.87. The fourth-order valence-electron chi connectivity index (χ4n) is 0.903. The lowest BCUT2D eigenvalue weighted by Crippen LogP contribution is -2.04. The predicted molar refractivity (Wildman–Crippen MR) is 58.8 cm³/mol. The van der Waals surface area contributed by atoms with E-state index in [2.05, 4.69) is 9.98 Å². The first-order valence-corrected chi connectivity index (χ1v) is 4.36. The third-order valence-electron chi connectivity index (χ3n) is 1.72. The minimum Gasteiger partial charge on any atom is -0.497 e. The Kier molecular flexibility index (Phi) is 4.02. The van der Waals surface area contributed by atoms with Gasteiger partial charge in [-0.15, -0.1) is 0 Å². The summed E-state index contributed by atoms with van der Waals surface area (Å²) in [7, 11) is 1.52. The molecule has 0 fully saturated rings. The van der Waals surface area contributed by atoms with Crippen molar-refractivity contribution in [3.8, 4) is 5.75 Å². The summed E-state index contributed by atoms with van der Waals surface area (Å²) in [5, 5.41) is 8.67. The van der Waals surface area contributed by atoms with E-state index in [-0.39, 0.29) is 5.57 Å². The first kappa shape index (κ1) is 11.7. The number of pyridine rings is 1. The van der Waals surface area contributed by atoms with Crippen LogP contribution in [0.5, 0.6) is 5.75 Å². The van der Waals surface area contributed by atoms with E-state index in [0.717, 1.165) is 12.4 Å². The van der Waals surface area contributed by atoms with E-state index in [4.69, 9.17) is 15.6 Å². The number of hydrogen-bond donors (Lipinski definition) is 2. The lowest BCUT2D eigenvalue weighted by atomic mass is 10.3. The molecule has 1 heterocycles. The normalized spacial score (nSPS) is 11.7. The van der Waals surface area contributed by atoms with Crippen molar-refractivity contribution in [2.45, 2.75) is 0 Å². The van der Waals surface area contributed by atoms with Gasteiger partial charge in [-0.2, -0.15) is 0 Å². The first-order valence-electron chi connectivity index (χ1n) is 4.36. The molecule has 6 nitrogen and oxygen atoms in total. The van der Waals surface area contributed by atoms with Gasteiger partial charge in [0.05, 0.1) is 12.7 Å². The summed E-state index contributed by atoms with van der Waals surface area (Å²) in [6.45, 7) is 0. The molecule has 1 aromatic rings. The number of aliphatic imine (C=N–C) groups is 1. The van der Waals surface area contributed by atoms with Crippen molar-refractivity contribution in [3.05, 3.63) is 30.1 Å². The minimum absolute atomic E-state index is 0.107. The van der Waals surface area contributed by atoms with Gasteiger partial charge in [0.2, 0.25) is 0 Å². The number of aromatic nitrogens is 1. The van der Waals surface area contributed by atoms with Crippen molar-refractivity contribution in [2.75, 3.05) is 7.11 Å². The summed E-state index contributed by atoms with van der Waals surface area (Å²) in [5.74, 6) is -0.204. The zero-order valence-electron chi connectivity index (χ0n) is 8.62. The highest BCUT2D eigenvalue weighted by Gasteiger charge is 2.02. The van der Waals surface area contributed by atoms with Crippen molar-refractivity contribution >= 4 is 18.0 Å². The van der Waals surface area contributed by atoms with Gasteiger partial charge in [-0.25, -0.2) is 14.8 Å². The number of ether oxygens (including phenoxy) is 1. The third-order valence-corrected chi connectivity index (χ3v) is 1.72. The minimum atomic E-state index is -1.14. The average molecular weight is 221 g/mol. The molecular weight excluding hydrogens is 210 g/mol. The molecule has 84 valence electrons. The highest BCUT2D eigenvalue weighted by atomic mass is 16.5. The molecule has 1 aromatic heterocycles. The van der Waals surface area contributed by atoms with Crippen LogP contribution in [0.15, 0.2) is 35.1 Å². The van der Waals surface area contributed by atoms with Gasteiger partial charge in [-0.05, 0) is 6.07 Å². The summed E-state index contributed by atoms with van der Waals surface area (Å²) in [5.41, 5.74) is 5.01. The number of nitrogens with zero attached hydrogens (tertiary/aromatic N) is 2. The number of aliphatic carboxylic acids is 1. The highest BCUT2D eigenvalue weighted by molar-refractivity contribution is 6.08. The van der Waals surface area contributed by atoms with E-state index in [0.29, 0.717) is 11.6 Å². The molecule has 0 spiro atoms. The quantitative estimate of drug-likeness (QED) is 0.576. The Morgan fingerprint density at radius 1 is 1.69 bits per heavy atom. The second kappa shape index (κ2) is 5.50. The molecule has 0 unspecified atom stereocenters. The van der Waals surface area contributed by atoms with Gasteiger partial charge in [-0.1, -0.05) is 0 Å². The molecule has 0 saturated heterocycles. The van der Waals surface area contributed by atoms with Crippen LogP contribution in [0.25, 0.3) is 0 Å². The number of methoxy groups -OCH3 is 1. The SMILES string of the molecule is COc1ccnc(N=C/C(=C\N)C(=O)O)c1. The van der Waals surface area contributed by atoms with Gasteiger partial charge >= 0.3 is 5.97 Å². The summed E-state index contributed by atoms with van der Waals surface area (Å²) >= 11 is 0. The molecule has 6 heteroatoms. The Morgan fingerprint density at radius 2 is 2.44 bits per heavy atom. The van der Waals surface area contributed by atoms with E-state index in [9.17, 15) is 4.79 Å². The number of carboxylic acids is 1. The number of carboxylic acid groups (broad SMARTS) is 1. The monoisotopic (exact) mass is 221 g/mol. The summed E-state index contributed by atoms with van der Waals surface area (Å²) in [6.07, 6.45) is 3.61. The van der Waals surface area contributed by atoms with Gasteiger partial charge in [0.25, 0.3) is 0 Å². The number of hydrogen-bond acceptors (Lipinski definition) is 5. The lowest BCUT2D eigenvalue weighted by Gasteiger charge is -1.98. The second-order valence-electron chi connectivity index (χ2n) is 2.74. The Bertz CT molecular complexity index is 441.